The Labute approximate surface area is 134 Å². The van der Waals surface area contributed by atoms with Crippen LogP contribution in [0.25, 0.3) is 0 Å². The minimum Gasteiger partial charge on any atom is -0.308 e. The van der Waals surface area contributed by atoms with Gasteiger partial charge in [0.2, 0.25) is 0 Å². The standard InChI is InChI=1S/C14H9Cl2F3N2O/c15-10-6-5-8(7-9(10)14(17,18)19)20-13(22)21-12-4-2-1-3-11(12)16/h1-7H,(H2,20,21,22). The number of para-hydroxylation sites is 1. The minimum atomic E-state index is -4.60. The van der Waals surface area contributed by atoms with Crippen molar-refractivity contribution in [3.63, 3.8) is 0 Å². The highest BCUT2D eigenvalue weighted by Gasteiger charge is 2.33. The van der Waals surface area contributed by atoms with E-state index in [-0.39, 0.29) is 5.69 Å². The predicted octanol–water partition coefficient (Wildman–Crippen LogP) is 5.66. The Balaban J connectivity index is 2.14. The third kappa shape index (κ3) is 4.05. The van der Waals surface area contributed by atoms with Crippen molar-refractivity contribution in [3.05, 3.63) is 58.1 Å². The number of amides is 2. The van der Waals surface area contributed by atoms with E-state index in [4.69, 9.17) is 23.2 Å². The Hall–Kier alpha value is -1.92. The van der Waals surface area contributed by atoms with Crippen LogP contribution in [0.2, 0.25) is 10.0 Å². The lowest BCUT2D eigenvalue weighted by Gasteiger charge is -2.12. The van der Waals surface area contributed by atoms with Crippen molar-refractivity contribution in [2.24, 2.45) is 0 Å². The lowest BCUT2D eigenvalue weighted by atomic mass is 10.2. The molecule has 0 aliphatic carbocycles. The van der Waals surface area contributed by atoms with Gasteiger partial charge in [-0.2, -0.15) is 13.2 Å². The Morgan fingerprint density at radius 3 is 2.27 bits per heavy atom. The van der Waals surface area contributed by atoms with E-state index in [1.54, 1.807) is 24.3 Å². The number of urea groups is 1. The summed E-state index contributed by atoms with van der Waals surface area (Å²) in [5, 5.41) is 4.59. The molecule has 2 aromatic carbocycles. The number of benzene rings is 2. The molecule has 0 saturated carbocycles. The van der Waals surface area contributed by atoms with Crippen LogP contribution in [0.4, 0.5) is 29.3 Å². The van der Waals surface area contributed by atoms with Crippen LogP contribution in [0.1, 0.15) is 5.56 Å². The minimum absolute atomic E-state index is 0.0405. The summed E-state index contributed by atoms with van der Waals surface area (Å²) in [5.41, 5.74) is -0.724. The molecule has 0 atom stereocenters. The molecule has 0 radical (unpaired) electrons. The highest BCUT2D eigenvalue weighted by molar-refractivity contribution is 6.33. The molecule has 2 amide bonds. The van der Waals surface area contributed by atoms with Crippen LogP contribution in [0, 0.1) is 0 Å². The van der Waals surface area contributed by atoms with Gasteiger partial charge in [0.05, 0.1) is 21.3 Å². The van der Waals surface area contributed by atoms with Gasteiger partial charge < -0.3 is 10.6 Å². The third-order valence-electron chi connectivity index (χ3n) is 2.65. The Bertz CT molecular complexity index is 705. The largest absolute Gasteiger partial charge is 0.417 e. The average molecular weight is 349 g/mol. The molecule has 0 aliphatic rings. The molecule has 0 fully saturated rings. The first-order chi connectivity index (χ1) is 10.3. The molecule has 8 heteroatoms. The van der Waals surface area contributed by atoms with Crippen molar-refractivity contribution in [1.29, 1.82) is 0 Å². The van der Waals surface area contributed by atoms with Crippen LogP contribution in [-0.4, -0.2) is 6.03 Å². The van der Waals surface area contributed by atoms with Crippen LogP contribution >= 0.6 is 23.2 Å². The maximum Gasteiger partial charge on any atom is 0.417 e. The average Bonchev–Trinajstić information content (AvgIpc) is 2.42. The summed E-state index contributed by atoms with van der Waals surface area (Å²) < 4.78 is 38.2. The fourth-order valence-corrected chi connectivity index (χ4v) is 2.08. The number of carbonyl (C=O) groups excluding carboxylic acids is 1. The lowest BCUT2D eigenvalue weighted by molar-refractivity contribution is -0.137. The van der Waals surface area contributed by atoms with Gasteiger partial charge >= 0.3 is 12.2 Å². The van der Waals surface area contributed by atoms with E-state index in [0.29, 0.717) is 10.7 Å². The number of carbonyl (C=O) groups is 1. The van der Waals surface area contributed by atoms with Gasteiger partial charge in [0.25, 0.3) is 0 Å². The maximum atomic E-state index is 12.7. The van der Waals surface area contributed by atoms with E-state index >= 15 is 0 Å². The molecule has 2 aromatic rings. The fraction of sp³-hybridized carbons (Fsp3) is 0.0714. The molecule has 0 unspecified atom stereocenters. The van der Waals surface area contributed by atoms with E-state index in [1.165, 1.54) is 6.07 Å². The van der Waals surface area contributed by atoms with Crippen molar-refractivity contribution in [2.75, 3.05) is 10.6 Å². The summed E-state index contributed by atoms with van der Waals surface area (Å²) in [5.74, 6) is 0. The molecule has 116 valence electrons. The first-order valence-corrected chi connectivity index (χ1v) is 6.72. The number of alkyl halides is 3. The second-order valence-corrected chi connectivity index (χ2v) is 5.07. The smallest absolute Gasteiger partial charge is 0.308 e. The number of hydrogen-bond acceptors (Lipinski definition) is 1. The quantitative estimate of drug-likeness (QED) is 0.722. The van der Waals surface area contributed by atoms with E-state index in [1.807, 2.05) is 0 Å². The Morgan fingerprint density at radius 2 is 1.64 bits per heavy atom. The number of rotatable bonds is 2. The molecule has 0 saturated heterocycles. The highest BCUT2D eigenvalue weighted by atomic mass is 35.5. The van der Waals surface area contributed by atoms with Crippen molar-refractivity contribution in [2.45, 2.75) is 6.18 Å². The fourth-order valence-electron chi connectivity index (χ4n) is 1.67. The van der Waals surface area contributed by atoms with Gasteiger partial charge in [0, 0.05) is 5.69 Å². The Morgan fingerprint density at radius 1 is 0.955 bits per heavy atom. The second kappa shape index (κ2) is 6.46. The summed E-state index contributed by atoms with van der Waals surface area (Å²) in [6.07, 6.45) is -4.60. The topological polar surface area (TPSA) is 41.1 Å². The third-order valence-corrected chi connectivity index (χ3v) is 3.31. The van der Waals surface area contributed by atoms with Gasteiger partial charge in [-0.05, 0) is 30.3 Å². The number of hydrogen-bond donors (Lipinski definition) is 2. The van der Waals surface area contributed by atoms with Gasteiger partial charge in [0.1, 0.15) is 0 Å². The summed E-state index contributed by atoms with van der Waals surface area (Å²) in [6, 6.07) is 8.84. The summed E-state index contributed by atoms with van der Waals surface area (Å²) in [6.45, 7) is 0. The van der Waals surface area contributed by atoms with Crippen LogP contribution in [0.15, 0.2) is 42.5 Å². The van der Waals surface area contributed by atoms with E-state index < -0.39 is 22.8 Å². The normalized spacial score (nSPS) is 11.1. The molecular weight excluding hydrogens is 340 g/mol. The van der Waals surface area contributed by atoms with Gasteiger partial charge in [-0.3, -0.25) is 0 Å². The summed E-state index contributed by atoms with van der Waals surface area (Å²) >= 11 is 11.4. The Kier molecular flexibility index (Phi) is 4.83. The number of anilines is 2. The van der Waals surface area contributed by atoms with E-state index in [9.17, 15) is 18.0 Å². The zero-order valence-corrected chi connectivity index (χ0v) is 12.4. The first kappa shape index (κ1) is 16.5. The zero-order chi connectivity index (χ0) is 16.3. The molecule has 0 bridgehead atoms. The predicted molar refractivity (Wildman–Crippen MR) is 80.5 cm³/mol. The summed E-state index contributed by atoms with van der Waals surface area (Å²) in [7, 11) is 0. The van der Waals surface area contributed by atoms with Crippen molar-refractivity contribution in [1.82, 2.24) is 0 Å². The molecule has 22 heavy (non-hydrogen) atoms. The lowest BCUT2D eigenvalue weighted by Crippen LogP contribution is -2.20. The van der Waals surface area contributed by atoms with Crippen molar-refractivity contribution in [3.8, 4) is 0 Å². The molecule has 0 spiro atoms. The SMILES string of the molecule is O=C(Nc1ccc(Cl)c(C(F)(F)F)c1)Nc1ccccc1Cl. The van der Waals surface area contributed by atoms with Crippen molar-refractivity contribution < 1.29 is 18.0 Å². The second-order valence-electron chi connectivity index (χ2n) is 4.25. The first-order valence-electron chi connectivity index (χ1n) is 5.96. The molecule has 0 aromatic heterocycles. The van der Waals surface area contributed by atoms with Crippen LogP contribution in [0.3, 0.4) is 0 Å². The van der Waals surface area contributed by atoms with E-state index in [0.717, 1.165) is 12.1 Å². The molecule has 3 nitrogen and oxygen atoms in total. The molecular formula is C14H9Cl2F3N2O. The van der Waals surface area contributed by atoms with Gasteiger partial charge in [-0.25, -0.2) is 4.79 Å². The molecule has 2 N–H and O–H groups in total. The maximum absolute atomic E-state index is 12.7. The van der Waals surface area contributed by atoms with Gasteiger partial charge in [-0.1, -0.05) is 35.3 Å². The zero-order valence-electron chi connectivity index (χ0n) is 10.8. The number of nitrogens with one attached hydrogen (secondary N) is 2. The van der Waals surface area contributed by atoms with Crippen molar-refractivity contribution >= 4 is 40.6 Å². The molecule has 2 rings (SSSR count). The van der Waals surface area contributed by atoms with Crippen LogP contribution in [0.5, 0.6) is 0 Å². The molecule has 0 heterocycles. The molecule has 0 aliphatic heterocycles. The van der Waals surface area contributed by atoms with E-state index in [2.05, 4.69) is 10.6 Å². The number of halogens is 5. The van der Waals surface area contributed by atoms with Gasteiger partial charge in [-0.15, -0.1) is 0 Å². The van der Waals surface area contributed by atoms with Crippen LogP contribution in [-0.2, 0) is 6.18 Å². The monoisotopic (exact) mass is 348 g/mol. The van der Waals surface area contributed by atoms with Crippen LogP contribution < -0.4 is 10.6 Å². The van der Waals surface area contributed by atoms with Gasteiger partial charge in [0.15, 0.2) is 0 Å². The summed E-state index contributed by atoms with van der Waals surface area (Å²) in [4.78, 5) is 11.8. The highest BCUT2D eigenvalue weighted by Crippen LogP contribution is 2.36.